The number of hydrogen-bond donors (Lipinski definition) is 2. The van der Waals surface area contributed by atoms with E-state index < -0.39 is 23.0 Å². The number of sulfonamides is 1. The van der Waals surface area contributed by atoms with E-state index in [9.17, 15) is 17.2 Å². The van der Waals surface area contributed by atoms with Crippen molar-refractivity contribution in [2.45, 2.75) is 17.9 Å². The Hall–Kier alpha value is -0.0900. The van der Waals surface area contributed by atoms with Crippen molar-refractivity contribution in [3.05, 3.63) is 14.7 Å². The Morgan fingerprint density at radius 2 is 2.18 bits per heavy atom. The predicted molar refractivity (Wildman–Crippen MR) is 66.0 cm³/mol. The second-order valence-corrected chi connectivity index (χ2v) is 7.31. The van der Waals surface area contributed by atoms with Gasteiger partial charge in [0.25, 0.3) is 6.43 Å². The van der Waals surface area contributed by atoms with Crippen LogP contribution in [0.1, 0.15) is 4.88 Å². The third kappa shape index (κ3) is 4.25. The molecule has 0 amide bonds. The zero-order valence-electron chi connectivity index (χ0n) is 8.84. The Morgan fingerprint density at radius 1 is 1.53 bits per heavy atom. The van der Waals surface area contributed by atoms with Crippen molar-refractivity contribution < 1.29 is 17.2 Å². The van der Waals surface area contributed by atoms with Crippen LogP contribution in [0, 0.1) is 0 Å². The Bertz CT molecular complexity index is 476. The number of rotatable bonds is 6. The van der Waals surface area contributed by atoms with E-state index >= 15 is 0 Å². The molecular weight excluding hydrogens is 338 g/mol. The standard InChI is InChI=1S/C8H11BrF2N2O2S2/c1-12-3-5-2-6(8(9)16-5)17(14,15)13-4-7(10)11/h2,7,12-13H,3-4H2,1H3. The number of nitrogens with one attached hydrogen (secondary N) is 2. The molecule has 0 spiro atoms. The van der Waals surface area contributed by atoms with Crippen molar-refractivity contribution in [3.8, 4) is 0 Å². The number of alkyl halides is 2. The van der Waals surface area contributed by atoms with Gasteiger partial charge in [-0.15, -0.1) is 11.3 Å². The summed E-state index contributed by atoms with van der Waals surface area (Å²) in [5, 5.41) is 2.88. The lowest BCUT2D eigenvalue weighted by molar-refractivity contribution is 0.153. The maximum Gasteiger partial charge on any atom is 0.251 e. The molecule has 0 radical (unpaired) electrons. The molecule has 0 aromatic carbocycles. The fourth-order valence-corrected chi connectivity index (χ4v) is 4.79. The molecule has 2 N–H and O–H groups in total. The molecule has 0 aliphatic carbocycles. The molecule has 0 fully saturated rings. The zero-order chi connectivity index (χ0) is 13.1. The topological polar surface area (TPSA) is 58.2 Å². The molecule has 0 unspecified atom stereocenters. The summed E-state index contributed by atoms with van der Waals surface area (Å²) < 4.78 is 49.6. The van der Waals surface area contributed by atoms with Crippen LogP contribution in [0.3, 0.4) is 0 Å². The predicted octanol–water partition coefficient (Wildman–Crippen LogP) is 1.77. The molecule has 0 aliphatic heterocycles. The number of thiophene rings is 1. The highest BCUT2D eigenvalue weighted by Gasteiger charge is 2.21. The largest absolute Gasteiger partial charge is 0.315 e. The average molecular weight is 349 g/mol. The molecule has 9 heteroatoms. The summed E-state index contributed by atoms with van der Waals surface area (Å²) in [6, 6.07) is 1.46. The van der Waals surface area contributed by atoms with Crippen LogP contribution in [0.5, 0.6) is 0 Å². The Balaban J connectivity index is 2.90. The Kier molecular flexibility index (Phi) is 5.45. The minimum absolute atomic E-state index is 0.00611. The molecule has 98 valence electrons. The molecule has 0 saturated carbocycles. The first-order valence-electron chi connectivity index (χ1n) is 4.57. The van der Waals surface area contributed by atoms with E-state index in [0.29, 0.717) is 10.3 Å². The van der Waals surface area contributed by atoms with E-state index in [1.807, 2.05) is 4.72 Å². The number of halogens is 3. The van der Waals surface area contributed by atoms with E-state index in [1.54, 1.807) is 7.05 Å². The summed E-state index contributed by atoms with van der Waals surface area (Å²) in [6.45, 7) is -0.361. The van der Waals surface area contributed by atoms with Gasteiger partial charge in [-0.3, -0.25) is 0 Å². The highest BCUT2D eigenvalue weighted by atomic mass is 79.9. The zero-order valence-corrected chi connectivity index (χ0v) is 12.1. The average Bonchev–Trinajstić information content (AvgIpc) is 2.58. The summed E-state index contributed by atoms with van der Waals surface area (Å²) in [4.78, 5) is 0.796. The second kappa shape index (κ2) is 6.19. The van der Waals surface area contributed by atoms with Crippen LogP contribution in [-0.4, -0.2) is 28.4 Å². The van der Waals surface area contributed by atoms with Gasteiger partial charge in [0.15, 0.2) is 0 Å². The van der Waals surface area contributed by atoms with Crippen LogP contribution in [0.25, 0.3) is 0 Å². The third-order valence-corrected chi connectivity index (χ3v) is 5.45. The Labute approximate surface area is 111 Å². The number of hydrogen-bond acceptors (Lipinski definition) is 4. The first-order valence-corrected chi connectivity index (χ1v) is 7.66. The molecule has 4 nitrogen and oxygen atoms in total. The van der Waals surface area contributed by atoms with Crippen molar-refractivity contribution in [1.29, 1.82) is 0 Å². The van der Waals surface area contributed by atoms with Gasteiger partial charge in [0.2, 0.25) is 10.0 Å². The molecular formula is C8H11BrF2N2O2S2. The summed E-state index contributed by atoms with van der Waals surface area (Å²) in [5.41, 5.74) is 0. The van der Waals surface area contributed by atoms with Gasteiger partial charge in [0.05, 0.1) is 10.3 Å². The molecule has 0 aliphatic rings. The van der Waals surface area contributed by atoms with E-state index in [-0.39, 0.29) is 4.90 Å². The van der Waals surface area contributed by atoms with Crippen LogP contribution in [0.2, 0.25) is 0 Å². The van der Waals surface area contributed by atoms with Gasteiger partial charge >= 0.3 is 0 Å². The smallest absolute Gasteiger partial charge is 0.251 e. The minimum atomic E-state index is -3.88. The molecule has 1 heterocycles. The van der Waals surface area contributed by atoms with E-state index in [0.717, 1.165) is 4.88 Å². The second-order valence-electron chi connectivity index (χ2n) is 3.12. The molecule has 0 saturated heterocycles. The summed E-state index contributed by atoms with van der Waals surface area (Å²) in [7, 11) is -2.14. The lowest BCUT2D eigenvalue weighted by Gasteiger charge is -2.04. The molecule has 0 bridgehead atoms. The van der Waals surface area contributed by atoms with Crippen molar-refractivity contribution in [3.63, 3.8) is 0 Å². The summed E-state index contributed by atoms with van der Waals surface area (Å²) >= 11 is 4.36. The van der Waals surface area contributed by atoms with Crippen LogP contribution in [0.15, 0.2) is 14.7 Å². The Morgan fingerprint density at radius 3 is 2.71 bits per heavy atom. The van der Waals surface area contributed by atoms with Crippen molar-refractivity contribution in [1.82, 2.24) is 10.0 Å². The van der Waals surface area contributed by atoms with E-state index in [1.165, 1.54) is 17.4 Å². The maximum absolute atomic E-state index is 12.0. The molecule has 17 heavy (non-hydrogen) atoms. The van der Waals surface area contributed by atoms with Crippen molar-refractivity contribution in [2.24, 2.45) is 0 Å². The van der Waals surface area contributed by atoms with Gasteiger partial charge in [0, 0.05) is 11.4 Å². The quantitative estimate of drug-likeness (QED) is 0.823. The normalized spacial score (nSPS) is 12.3. The van der Waals surface area contributed by atoms with Gasteiger partial charge < -0.3 is 5.32 Å². The first-order chi connectivity index (χ1) is 7.86. The van der Waals surface area contributed by atoms with Crippen LogP contribution in [0.4, 0.5) is 8.78 Å². The lowest BCUT2D eigenvalue weighted by atomic mass is 10.5. The maximum atomic E-state index is 12.0. The SMILES string of the molecule is CNCc1cc(S(=O)(=O)NCC(F)F)c(Br)s1. The van der Waals surface area contributed by atoms with Crippen molar-refractivity contribution >= 4 is 37.3 Å². The lowest BCUT2D eigenvalue weighted by Crippen LogP contribution is -2.28. The highest BCUT2D eigenvalue weighted by Crippen LogP contribution is 2.31. The van der Waals surface area contributed by atoms with Gasteiger partial charge in [-0.25, -0.2) is 21.9 Å². The van der Waals surface area contributed by atoms with Gasteiger partial charge in [-0.2, -0.15) is 0 Å². The monoisotopic (exact) mass is 348 g/mol. The van der Waals surface area contributed by atoms with E-state index in [4.69, 9.17) is 0 Å². The van der Waals surface area contributed by atoms with Crippen LogP contribution < -0.4 is 10.0 Å². The van der Waals surface area contributed by atoms with Gasteiger partial charge in [0.1, 0.15) is 4.90 Å². The van der Waals surface area contributed by atoms with Gasteiger partial charge in [-0.05, 0) is 29.0 Å². The van der Waals surface area contributed by atoms with Crippen LogP contribution in [-0.2, 0) is 16.6 Å². The molecule has 1 aromatic rings. The van der Waals surface area contributed by atoms with Gasteiger partial charge in [-0.1, -0.05) is 0 Å². The first kappa shape index (κ1) is 15.0. The fourth-order valence-electron chi connectivity index (χ4n) is 1.09. The minimum Gasteiger partial charge on any atom is -0.315 e. The van der Waals surface area contributed by atoms with Crippen LogP contribution >= 0.6 is 27.3 Å². The van der Waals surface area contributed by atoms with Crippen molar-refractivity contribution in [2.75, 3.05) is 13.6 Å². The summed E-state index contributed by atoms with van der Waals surface area (Å²) in [5.74, 6) is 0. The fraction of sp³-hybridized carbons (Fsp3) is 0.500. The third-order valence-electron chi connectivity index (χ3n) is 1.77. The molecule has 0 atom stereocenters. The highest BCUT2D eigenvalue weighted by molar-refractivity contribution is 9.11. The van der Waals surface area contributed by atoms with E-state index in [2.05, 4.69) is 21.2 Å². The molecule has 1 rings (SSSR count). The summed E-state index contributed by atoms with van der Waals surface area (Å²) in [6.07, 6.45) is -2.71. The molecule has 1 aromatic heterocycles.